The van der Waals surface area contributed by atoms with Crippen LogP contribution in [0, 0.1) is 0 Å². The van der Waals surface area contributed by atoms with Gasteiger partial charge in [0.15, 0.2) is 0 Å². The highest BCUT2D eigenvalue weighted by atomic mass is 19.3. The predicted octanol–water partition coefficient (Wildman–Crippen LogP) is 3.57. The summed E-state index contributed by atoms with van der Waals surface area (Å²) in [6.45, 7) is 1.97. The second-order valence-corrected chi connectivity index (χ2v) is 4.06. The van der Waals surface area contributed by atoms with Gasteiger partial charge < -0.3 is 10.1 Å². The fourth-order valence-corrected chi connectivity index (χ4v) is 1.68. The van der Waals surface area contributed by atoms with E-state index in [0.29, 0.717) is 12.6 Å². The third kappa shape index (κ3) is 5.13. The molecule has 17 heavy (non-hydrogen) atoms. The van der Waals surface area contributed by atoms with Crippen LogP contribution in [-0.4, -0.2) is 12.7 Å². The molecule has 1 aromatic rings. The summed E-state index contributed by atoms with van der Waals surface area (Å²) in [4.78, 5) is 0. The molecule has 1 unspecified atom stereocenters. The number of hydrogen-bond donors (Lipinski definition) is 1. The lowest BCUT2D eigenvalue weighted by Gasteiger charge is -2.15. The zero-order valence-electron chi connectivity index (χ0n) is 10.2. The fraction of sp³-hybridized carbons (Fsp3) is 0.538. The van der Waals surface area contributed by atoms with Crippen LogP contribution < -0.4 is 10.1 Å². The Morgan fingerprint density at radius 2 is 2.00 bits per heavy atom. The number of hydrogen-bond acceptors (Lipinski definition) is 2. The standard InChI is InChI=1S/C13H19F2NO/c1-3-6-10(2)16-9-11-7-4-5-8-12(11)17-13(14)15/h4-5,7-8,10,13,16H,3,6,9H2,1-2H3. The van der Waals surface area contributed by atoms with Crippen molar-refractivity contribution in [1.29, 1.82) is 0 Å². The van der Waals surface area contributed by atoms with Crippen LogP contribution in [0.1, 0.15) is 32.3 Å². The molecular weight excluding hydrogens is 224 g/mol. The van der Waals surface area contributed by atoms with Gasteiger partial charge in [0, 0.05) is 18.2 Å². The molecule has 0 heterocycles. The highest BCUT2D eigenvalue weighted by Crippen LogP contribution is 2.20. The van der Waals surface area contributed by atoms with Gasteiger partial charge in [0.2, 0.25) is 0 Å². The molecule has 0 aliphatic carbocycles. The molecule has 4 heteroatoms. The molecule has 0 aliphatic heterocycles. The predicted molar refractivity (Wildman–Crippen MR) is 64.3 cm³/mol. The topological polar surface area (TPSA) is 21.3 Å². The summed E-state index contributed by atoms with van der Waals surface area (Å²) in [6.07, 6.45) is 2.17. The molecule has 0 fully saturated rings. The first-order valence-corrected chi connectivity index (χ1v) is 5.89. The van der Waals surface area contributed by atoms with Crippen molar-refractivity contribution < 1.29 is 13.5 Å². The Morgan fingerprint density at radius 3 is 2.65 bits per heavy atom. The Balaban J connectivity index is 2.57. The first-order chi connectivity index (χ1) is 8.13. The van der Waals surface area contributed by atoms with Gasteiger partial charge in [-0.3, -0.25) is 0 Å². The second kappa shape index (κ2) is 7.22. The first-order valence-electron chi connectivity index (χ1n) is 5.89. The van der Waals surface area contributed by atoms with E-state index in [1.807, 2.05) is 6.07 Å². The van der Waals surface area contributed by atoms with Crippen LogP contribution in [0.25, 0.3) is 0 Å². The van der Waals surface area contributed by atoms with E-state index >= 15 is 0 Å². The minimum Gasteiger partial charge on any atom is -0.434 e. The molecule has 1 aromatic carbocycles. The van der Waals surface area contributed by atoms with Crippen LogP contribution in [0.15, 0.2) is 24.3 Å². The Labute approximate surface area is 101 Å². The van der Waals surface area contributed by atoms with Crippen molar-refractivity contribution in [2.45, 2.75) is 45.9 Å². The molecule has 0 amide bonds. The van der Waals surface area contributed by atoms with Crippen molar-refractivity contribution in [1.82, 2.24) is 5.32 Å². The van der Waals surface area contributed by atoms with Gasteiger partial charge in [-0.1, -0.05) is 31.5 Å². The Morgan fingerprint density at radius 1 is 1.29 bits per heavy atom. The SMILES string of the molecule is CCCC(C)NCc1ccccc1OC(F)F. The largest absolute Gasteiger partial charge is 0.434 e. The summed E-state index contributed by atoms with van der Waals surface area (Å²) in [5.74, 6) is 0.249. The van der Waals surface area contributed by atoms with Crippen molar-refractivity contribution in [2.24, 2.45) is 0 Å². The second-order valence-electron chi connectivity index (χ2n) is 4.06. The highest BCUT2D eigenvalue weighted by Gasteiger charge is 2.09. The van der Waals surface area contributed by atoms with Gasteiger partial charge in [0.1, 0.15) is 5.75 Å². The number of halogens is 2. The monoisotopic (exact) mass is 243 g/mol. The van der Waals surface area contributed by atoms with Crippen LogP contribution >= 0.6 is 0 Å². The zero-order valence-corrected chi connectivity index (χ0v) is 10.2. The minimum atomic E-state index is -2.77. The average Bonchev–Trinajstić information content (AvgIpc) is 2.27. The highest BCUT2D eigenvalue weighted by molar-refractivity contribution is 5.33. The van der Waals surface area contributed by atoms with Crippen molar-refractivity contribution in [3.8, 4) is 5.75 Å². The molecule has 0 bridgehead atoms. The molecular formula is C13H19F2NO. The van der Waals surface area contributed by atoms with Crippen molar-refractivity contribution in [2.75, 3.05) is 0 Å². The Kier molecular flexibility index (Phi) is 5.91. The van der Waals surface area contributed by atoms with E-state index in [1.54, 1.807) is 18.2 Å². The number of nitrogens with one attached hydrogen (secondary N) is 1. The molecule has 1 atom stereocenters. The maximum atomic E-state index is 12.2. The summed E-state index contributed by atoms with van der Waals surface area (Å²) < 4.78 is 28.8. The molecule has 0 saturated heterocycles. The van der Waals surface area contributed by atoms with Gasteiger partial charge in [0.05, 0.1) is 0 Å². The molecule has 1 rings (SSSR count). The van der Waals surface area contributed by atoms with Crippen LogP contribution in [0.4, 0.5) is 8.78 Å². The quantitative estimate of drug-likeness (QED) is 0.790. The molecule has 0 radical (unpaired) electrons. The summed E-state index contributed by atoms with van der Waals surface area (Å²) in [7, 11) is 0. The van der Waals surface area contributed by atoms with E-state index in [4.69, 9.17) is 0 Å². The molecule has 0 aromatic heterocycles. The third-order valence-electron chi connectivity index (χ3n) is 2.55. The minimum absolute atomic E-state index is 0.249. The number of rotatable bonds is 7. The van der Waals surface area contributed by atoms with Gasteiger partial charge in [-0.25, -0.2) is 0 Å². The summed E-state index contributed by atoms with van der Waals surface area (Å²) in [5, 5.41) is 3.29. The Hall–Kier alpha value is -1.16. The van der Waals surface area contributed by atoms with Crippen LogP contribution in [0.3, 0.4) is 0 Å². The van der Waals surface area contributed by atoms with Gasteiger partial charge in [0.25, 0.3) is 0 Å². The number of para-hydroxylation sites is 1. The third-order valence-corrected chi connectivity index (χ3v) is 2.55. The van der Waals surface area contributed by atoms with Crippen molar-refractivity contribution in [3.05, 3.63) is 29.8 Å². The molecule has 0 spiro atoms. The maximum absolute atomic E-state index is 12.2. The summed E-state index contributed by atoms with van der Waals surface area (Å²) >= 11 is 0. The van der Waals surface area contributed by atoms with Gasteiger partial charge in [-0.05, 0) is 19.4 Å². The van der Waals surface area contributed by atoms with Crippen LogP contribution in [-0.2, 0) is 6.54 Å². The molecule has 1 N–H and O–H groups in total. The van der Waals surface area contributed by atoms with Crippen molar-refractivity contribution in [3.63, 3.8) is 0 Å². The van der Waals surface area contributed by atoms with E-state index in [1.165, 1.54) is 0 Å². The molecule has 0 aliphatic rings. The van der Waals surface area contributed by atoms with Gasteiger partial charge in [-0.2, -0.15) is 8.78 Å². The summed E-state index contributed by atoms with van der Waals surface area (Å²) in [5.41, 5.74) is 0.760. The number of ether oxygens (including phenoxy) is 1. The number of alkyl halides is 2. The van der Waals surface area contributed by atoms with E-state index < -0.39 is 6.61 Å². The normalized spacial score (nSPS) is 12.8. The molecule has 2 nitrogen and oxygen atoms in total. The molecule has 0 saturated carbocycles. The van der Waals surface area contributed by atoms with Gasteiger partial charge in [-0.15, -0.1) is 0 Å². The van der Waals surface area contributed by atoms with E-state index in [2.05, 4.69) is 23.9 Å². The lowest BCUT2D eigenvalue weighted by molar-refractivity contribution is -0.0505. The van der Waals surface area contributed by atoms with Gasteiger partial charge >= 0.3 is 6.61 Å². The smallest absolute Gasteiger partial charge is 0.387 e. The molecule has 96 valence electrons. The van der Waals surface area contributed by atoms with Crippen LogP contribution in [0.5, 0.6) is 5.75 Å². The first kappa shape index (κ1) is 13.9. The van der Waals surface area contributed by atoms with Crippen molar-refractivity contribution >= 4 is 0 Å². The maximum Gasteiger partial charge on any atom is 0.387 e. The van der Waals surface area contributed by atoms with E-state index in [9.17, 15) is 8.78 Å². The zero-order chi connectivity index (χ0) is 12.7. The fourth-order valence-electron chi connectivity index (χ4n) is 1.68. The Bertz CT molecular complexity index is 331. The number of benzene rings is 1. The lowest BCUT2D eigenvalue weighted by Crippen LogP contribution is -2.25. The van der Waals surface area contributed by atoms with E-state index in [0.717, 1.165) is 18.4 Å². The lowest BCUT2D eigenvalue weighted by atomic mass is 10.1. The average molecular weight is 243 g/mol. The summed E-state index contributed by atoms with van der Waals surface area (Å²) in [6, 6.07) is 7.24. The van der Waals surface area contributed by atoms with E-state index in [-0.39, 0.29) is 5.75 Å². The van der Waals surface area contributed by atoms with Crippen LogP contribution in [0.2, 0.25) is 0 Å².